The van der Waals surface area contributed by atoms with Crippen molar-refractivity contribution in [3.63, 3.8) is 0 Å². The van der Waals surface area contributed by atoms with Crippen molar-refractivity contribution in [3.8, 4) is 5.75 Å². The van der Waals surface area contributed by atoms with Crippen LogP contribution in [-0.4, -0.2) is 17.6 Å². The molecule has 0 saturated heterocycles. The minimum Gasteiger partial charge on any atom is -0.489 e. The van der Waals surface area contributed by atoms with Gasteiger partial charge < -0.3 is 10.5 Å². The van der Waals surface area contributed by atoms with Gasteiger partial charge in [-0.15, -0.1) is 0 Å². The summed E-state index contributed by atoms with van der Waals surface area (Å²) < 4.78 is 6.15. The summed E-state index contributed by atoms with van der Waals surface area (Å²) in [5.74, 6) is 1.71. The molecule has 1 heterocycles. The first-order chi connectivity index (χ1) is 8.69. The molecule has 2 atom stereocenters. The third kappa shape index (κ3) is 3.45. The van der Waals surface area contributed by atoms with E-state index in [1.807, 2.05) is 19.1 Å². The van der Waals surface area contributed by atoms with Crippen molar-refractivity contribution in [3.05, 3.63) is 23.5 Å². The number of pyridine rings is 1. The van der Waals surface area contributed by atoms with E-state index < -0.39 is 0 Å². The maximum absolute atomic E-state index is 6.15. The van der Waals surface area contributed by atoms with Gasteiger partial charge in [-0.2, -0.15) is 0 Å². The van der Waals surface area contributed by atoms with Crippen LogP contribution in [0.4, 0.5) is 0 Å². The van der Waals surface area contributed by atoms with E-state index in [1.54, 1.807) is 0 Å². The fourth-order valence-electron chi connectivity index (χ4n) is 2.69. The number of aromatic nitrogens is 1. The maximum Gasteiger partial charge on any atom is 0.141 e. The number of aryl methyl sites for hydroxylation is 1. The van der Waals surface area contributed by atoms with Crippen molar-refractivity contribution in [2.45, 2.75) is 52.1 Å². The van der Waals surface area contributed by atoms with E-state index in [-0.39, 0.29) is 0 Å². The maximum atomic E-state index is 6.15. The zero-order valence-electron chi connectivity index (χ0n) is 11.5. The van der Waals surface area contributed by atoms with Crippen LogP contribution in [-0.2, 0) is 6.42 Å². The first kappa shape index (κ1) is 13.3. The first-order valence-corrected chi connectivity index (χ1v) is 7.02. The quantitative estimate of drug-likeness (QED) is 0.891. The molecular formula is C15H24N2O. The zero-order valence-corrected chi connectivity index (χ0v) is 11.5. The molecule has 1 aromatic rings. The van der Waals surface area contributed by atoms with Crippen LogP contribution in [0.1, 0.15) is 44.0 Å². The Kier molecular flexibility index (Phi) is 4.59. The lowest BCUT2D eigenvalue weighted by molar-refractivity contribution is 0.127. The van der Waals surface area contributed by atoms with Gasteiger partial charge in [0, 0.05) is 12.1 Å². The van der Waals surface area contributed by atoms with Gasteiger partial charge in [0.25, 0.3) is 0 Å². The molecule has 3 heteroatoms. The van der Waals surface area contributed by atoms with E-state index in [0.717, 1.165) is 35.9 Å². The predicted octanol–water partition coefficient (Wildman–Crippen LogP) is 2.85. The number of nitrogens with two attached hydrogens (primary N) is 1. The Balaban J connectivity index is 2.07. The van der Waals surface area contributed by atoms with Crippen LogP contribution in [0.5, 0.6) is 5.75 Å². The van der Waals surface area contributed by atoms with Gasteiger partial charge in [-0.1, -0.05) is 13.3 Å². The van der Waals surface area contributed by atoms with Crippen molar-refractivity contribution in [1.82, 2.24) is 4.98 Å². The topological polar surface area (TPSA) is 48.1 Å². The molecule has 0 aromatic carbocycles. The molecule has 0 amide bonds. The summed E-state index contributed by atoms with van der Waals surface area (Å²) in [6.45, 7) is 4.93. The smallest absolute Gasteiger partial charge is 0.141 e. The molecule has 1 fully saturated rings. The molecular weight excluding hydrogens is 224 g/mol. The van der Waals surface area contributed by atoms with E-state index in [9.17, 15) is 0 Å². The highest BCUT2D eigenvalue weighted by Gasteiger charge is 2.21. The second-order valence-corrected chi connectivity index (χ2v) is 5.45. The van der Waals surface area contributed by atoms with Gasteiger partial charge in [-0.05, 0) is 50.8 Å². The standard InChI is InChI=1S/C15H24N2O/c1-11-4-3-5-13(10-11)18-15-7-6-12(2)17-14(15)8-9-16/h6-7,11,13H,3-5,8-10,16H2,1-2H3. The molecule has 1 aromatic heterocycles. The summed E-state index contributed by atoms with van der Waals surface area (Å²) in [5, 5.41) is 0. The summed E-state index contributed by atoms with van der Waals surface area (Å²) in [6.07, 6.45) is 6.09. The number of ether oxygens (including phenoxy) is 1. The van der Waals surface area contributed by atoms with Crippen molar-refractivity contribution < 1.29 is 4.74 Å². The van der Waals surface area contributed by atoms with Gasteiger partial charge in [-0.3, -0.25) is 4.98 Å². The van der Waals surface area contributed by atoms with E-state index in [2.05, 4.69) is 11.9 Å². The molecule has 100 valence electrons. The average Bonchev–Trinajstić information content (AvgIpc) is 2.33. The lowest BCUT2D eigenvalue weighted by Gasteiger charge is -2.28. The molecule has 1 aliphatic rings. The second-order valence-electron chi connectivity index (χ2n) is 5.45. The molecule has 1 saturated carbocycles. The van der Waals surface area contributed by atoms with E-state index >= 15 is 0 Å². The van der Waals surface area contributed by atoms with Crippen LogP contribution in [0, 0.1) is 12.8 Å². The number of rotatable bonds is 4. The van der Waals surface area contributed by atoms with Gasteiger partial charge in [0.2, 0.25) is 0 Å². The van der Waals surface area contributed by atoms with Crippen LogP contribution in [0.3, 0.4) is 0 Å². The zero-order chi connectivity index (χ0) is 13.0. The molecule has 2 unspecified atom stereocenters. The summed E-state index contributed by atoms with van der Waals surface area (Å²) in [6, 6.07) is 4.06. The molecule has 0 spiro atoms. The van der Waals surface area contributed by atoms with Crippen LogP contribution in [0.2, 0.25) is 0 Å². The highest BCUT2D eigenvalue weighted by atomic mass is 16.5. The van der Waals surface area contributed by atoms with Gasteiger partial charge >= 0.3 is 0 Å². The SMILES string of the molecule is Cc1ccc(OC2CCCC(C)C2)c(CCN)n1. The molecule has 1 aliphatic carbocycles. The van der Waals surface area contributed by atoms with Crippen molar-refractivity contribution >= 4 is 0 Å². The number of nitrogens with zero attached hydrogens (tertiary/aromatic N) is 1. The molecule has 3 nitrogen and oxygen atoms in total. The molecule has 0 aliphatic heterocycles. The van der Waals surface area contributed by atoms with Gasteiger partial charge in [0.05, 0.1) is 11.8 Å². The number of hydrogen-bond donors (Lipinski definition) is 1. The Morgan fingerprint density at radius 3 is 2.94 bits per heavy atom. The van der Waals surface area contributed by atoms with E-state index in [4.69, 9.17) is 10.5 Å². The Bertz CT molecular complexity index is 392. The average molecular weight is 248 g/mol. The minimum absolute atomic E-state index is 0.356. The predicted molar refractivity (Wildman–Crippen MR) is 73.8 cm³/mol. The molecule has 18 heavy (non-hydrogen) atoms. The number of hydrogen-bond acceptors (Lipinski definition) is 3. The fourth-order valence-corrected chi connectivity index (χ4v) is 2.69. The highest BCUT2D eigenvalue weighted by molar-refractivity contribution is 5.29. The van der Waals surface area contributed by atoms with E-state index in [1.165, 1.54) is 19.3 Å². The van der Waals surface area contributed by atoms with Crippen molar-refractivity contribution in [2.24, 2.45) is 11.7 Å². The largest absolute Gasteiger partial charge is 0.489 e. The first-order valence-electron chi connectivity index (χ1n) is 7.02. The van der Waals surface area contributed by atoms with Crippen molar-refractivity contribution in [1.29, 1.82) is 0 Å². The Morgan fingerprint density at radius 2 is 2.22 bits per heavy atom. The third-order valence-electron chi connectivity index (χ3n) is 3.63. The summed E-state index contributed by atoms with van der Waals surface area (Å²) in [7, 11) is 0. The summed E-state index contributed by atoms with van der Waals surface area (Å²) in [4.78, 5) is 4.54. The third-order valence-corrected chi connectivity index (χ3v) is 3.63. The van der Waals surface area contributed by atoms with Crippen LogP contribution < -0.4 is 10.5 Å². The van der Waals surface area contributed by atoms with Gasteiger partial charge in [0.1, 0.15) is 5.75 Å². The molecule has 2 N–H and O–H groups in total. The van der Waals surface area contributed by atoms with Crippen LogP contribution in [0.15, 0.2) is 12.1 Å². The van der Waals surface area contributed by atoms with Crippen molar-refractivity contribution in [2.75, 3.05) is 6.54 Å². The molecule has 0 bridgehead atoms. The van der Waals surface area contributed by atoms with Gasteiger partial charge in [0.15, 0.2) is 0 Å². The molecule has 2 rings (SSSR count). The Morgan fingerprint density at radius 1 is 1.39 bits per heavy atom. The lowest BCUT2D eigenvalue weighted by atomic mass is 9.89. The Labute approximate surface area is 110 Å². The highest BCUT2D eigenvalue weighted by Crippen LogP contribution is 2.28. The summed E-state index contributed by atoms with van der Waals surface area (Å²) >= 11 is 0. The normalized spacial score (nSPS) is 23.9. The van der Waals surface area contributed by atoms with Crippen LogP contribution in [0.25, 0.3) is 0 Å². The second kappa shape index (κ2) is 6.19. The van der Waals surface area contributed by atoms with E-state index in [0.29, 0.717) is 12.6 Å². The van der Waals surface area contributed by atoms with Crippen LogP contribution >= 0.6 is 0 Å². The monoisotopic (exact) mass is 248 g/mol. The molecule has 0 radical (unpaired) electrons. The summed E-state index contributed by atoms with van der Waals surface area (Å²) in [5.41, 5.74) is 7.68. The Hall–Kier alpha value is -1.09. The minimum atomic E-state index is 0.356. The lowest BCUT2D eigenvalue weighted by Crippen LogP contribution is -2.25. The van der Waals surface area contributed by atoms with Gasteiger partial charge in [-0.25, -0.2) is 0 Å². The fraction of sp³-hybridized carbons (Fsp3) is 0.667.